The van der Waals surface area contributed by atoms with E-state index in [9.17, 15) is 0 Å². The van der Waals surface area contributed by atoms with Crippen LogP contribution in [0.3, 0.4) is 0 Å². The van der Waals surface area contributed by atoms with Crippen molar-refractivity contribution in [3.05, 3.63) is 29.8 Å². The molecule has 0 heterocycles. The lowest BCUT2D eigenvalue weighted by Gasteiger charge is -2.26. The topological polar surface area (TPSA) is 36.3 Å². The van der Waals surface area contributed by atoms with Crippen molar-refractivity contribution in [3.63, 3.8) is 0 Å². The molecule has 0 saturated carbocycles. The minimum atomic E-state index is 0.587. The minimum absolute atomic E-state index is 0.587. The van der Waals surface area contributed by atoms with Gasteiger partial charge in [0, 0.05) is 12.6 Å². The van der Waals surface area contributed by atoms with Gasteiger partial charge in [0.05, 0.1) is 11.6 Å². The molecule has 1 aromatic carbocycles. The van der Waals surface area contributed by atoms with E-state index in [1.807, 2.05) is 12.1 Å². The molecule has 98 valence electrons. The highest BCUT2D eigenvalue weighted by Gasteiger charge is 2.09. The molecule has 18 heavy (non-hydrogen) atoms. The van der Waals surface area contributed by atoms with Crippen LogP contribution in [0, 0.1) is 11.3 Å². The molecule has 0 fully saturated rings. The van der Waals surface area contributed by atoms with Crippen molar-refractivity contribution in [2.24, 2.45) is 0 Å². The van der Waals surface area contributed by atoms with Gasteiger partial charge in [-0.25, -0.2) is 0 Å². The van der Waals surface area contributed by atoms with Gasteiger partial charge in [-0.05, 0) is 38.1 Å². The van der Waals surface area contributed by atoms with Crippen LogP contribution in [0.1, 0.15) is 32.8 Å². The summed E-state index contributed by atoms with van der Waals surface area (Å²) in [4.78, 5) is 2.40. The molecule has 0 N–H and O–H groups in total. The fraction of sp³-hybridized carbons (Fsp3) is 0.533. The zero-order chi connectivity index (χ0) is 13.4. The smallest absolute Gasteiger partial charge is 0.120 e. The normalized spacial score (nSPS) is 12.2. The van der Waals surface area contributed by atoms with Gasteiger partial charge in [-0.3, -0.25) is 4.90 Å². The third-order valence-electron chi connectivity index (χ3n) is 3.23. The minimum Gasteiger partial charge on any atom is -0.492 e. The van der Waals surface area contributed by atoms with E-state index < -0.39 is 0 Å². The second kappa shape index (κ2) is 7.73. The lowest BCUT2D eigenvalue weighted by atomic mass is 10.2. The van der Waals surface area contributed by atoms with E-state index in [0.29, 0.717) is 18.2 Å². The molecule has 0 aliphatic heterocycles. The molecule has 0 radical (unpaired) electrons. The van der Waals surface area contributed by atoms with E-state index in [1.165, 1.54) is 0 Å². The Kier molecular flexibility index (Phi) is 6.24. The molecule has 3 heteroatoms. The first kappa shape index (κ1) is 14.5. The molecule has 1 aromatic rings. The Morgan fingerprint density at radius 2 is 2.17 bits per heavy atom. The van der Waals surface area contributed by atoms with Crippen molar-refractivity contribution in [2.45, 2.75) is 33.2 Å². The molecule has 0 spiro atoms. The summed E-state index contributed by atoms with van der Waals surface area (Å²) < 4.78 is 5.68. The molecule has 0 aliphatic rings. The van der Waals surface area contributed by atoms with Crippen molar-refractivity contribution in [1.29, 1.82) is 5.26 Å². The summed E-state index contributed by atoms with van der Waals surface area (Å²) in [5.74, 6) is 0.772. The van der Waals surface area contributed by atoms with E-state index >= 15 is 0 Å². The molecule has 0 bridgehead atoms. The maximum atomic E-state index is 8.80. The Labute approximate surface area is 110 Å². The van der Waals surface area contributed by atoms with Crippen molar-refractivity contribution in [1.82, 2.24) is 4.90 Å². The van der Waals surface area contributed by atoms with Gasteiger partial charge < -0.3 is 4.74 Å². The van der Waals surface area contributed by atoms with E-state index in [4.69, 9.17) is 10.00 Å². The van der Waals surface area contributed by atoms with Gasteiger partial charge in [-0.1, -0.05) is 19.9 Å². The van der Waals surface area contributed by atoms with Gasteiger partial charge in [-0.2, -0.15) is 5.26 Å². The summed E-state index contributed by atoms with van der Waals surface area (Å²) in [6, 6.07) is 10.00. The fourth-order valence-corrected chi connectivity index (χ4v) is 1.88. The van der Waals surface area contributed by atoms with Crippen molar-refractivity contribution in [3.8, 4) is 11.8 Å². The largest absolute Gasteiger partial charge is 0.492 e. The third-order valence-corrected chi connectivity index (χ3v) is 3.23. The Morgan fingerprint density at radius 3 is 2.78 bits per heavy atom. The molecule has 0 aromatic heterocycles. The average molecular weight is 246 g/mol. The first-order valence-corrected chi connectivity index (χ1v) is 6.58. The van der Waals surface area contributed by atoms with Gasteiger partial charge in [-0.15, -0.1) is 0 Å². The molecule has 0 amide bonds. The van der Waals surface area contributed by atoms with E-state index in [1.54, 1.807) is 12.1 Å². The van der Waals surface area contributed by atoms with Gasteiger partial charge in [0.25, 0.3) is 0 Å². The maximum absolute atomic E-state index is 8.80. The van der Waals surface area contributed by atoms with Crippen LogP contribution in [-0.4, -0.2) is 30.6 Å². The molecule has 1 atom stereocenters. The average Bonchev–Trinajstić information content (AvgIpc) is 2.43. The van der Waals surface area contributed by atoms with Crippen LogP contribution in [0.5, 0.6) is 5.75 Å². The summed E-state index contributed by atoms with van der Waals surface area (Å²) in [5, 5.41) is 8.80. The number of likely N-dealkylation sites (N-methyl/N-ethyl adjacent to an activating group) is 1. The summed E-state index contributed by atoms with van der Waals surface area (Å²) in [6.07, 6.45) is 1.15. The summed E-state index contributed by atoms with van der Waals surface area (Å²) in [7, 11) is 0. The summed E-state index contributed by atoms with van der Waals surface area (Å²) >= 11 is 0. The number of rotatable bonds is 7. The summed E-state index contributed by atoms with van der Waals surface area (Å²) in [6.45, 7) is 9.22. The van der Waals surface area contributed by atoms with Crippen LogP contribution in [0.25, 0.3) is 0 Å². The highest BCUT2D eigenvalue weighted by Crippen LogP contribution is 2.12. The second-order valence-electron chi connectivity index (χ2n) is 4.37. The Balaban J connectivity index is 2.43. The van der Waals surface area contributed by atoms with Gasteiger partial charge >= 0.3 is 0 Å². The fourth-order valence-electron chi connectivity index (χ4n) is 1.88. The monoisotopic (exact) mass is 246 g/mol. The zero-order valence-electron chi connectivity index (χ0n) is 11.5. The van der Waals surface area contributed by atoms with Crippen LogP contribution in [-0.2, 0) is 0 Å². The number of nitriles is 1. The molecular formula is C15H22N2O. The number of nitrogens with zero attached hydrogens (tertiary/aromatic N) is 2. The second-order valence-corrected chi connectivity index (χ2v) is 4.37. The summed E-state index contributed by atoms with van der Waals surface area (Å²) in [5.41, 5.74) is 0.641. The zero-order valence-corrected chi connectivity index (χ0v) is 11.5. The SMILES string of the molecule is CCC(C)N(CC)CCOc1cccc(C#N)c1. The lowest BCUT2D eigenvalue weighted by Crippen LogP contribution is -2.35. The van der Waals surface area contributed by atoms with Gasteiger partial charge in [0.15, 0.2) is 0 Å². The molecule has 0 saturated heterocycles. The Bertz CT molecular complexity index is 398. The van der Waals surface area contributed by atoms with Crippen molar-refractivity contribution < 1.29 is 4.74 Å². The van der Waals surface area contributed by atoms with Crippen LogP contribution in [0.15, 0.2) is 24.3 Å². The molecule has 0 aliphatic carbocycles. The molecule has 1 unspecified atom stereocenters. The molecule has 1 rings (SSSR count). The number of hydrogen-bond donors (Lipinski definition) is 0. The van der Waals surface area contributed by atoms with Crippen molar-refractivity contribution in [2.75, 3.05) is 19.7 Å². The van der Waals surface area contributed by atoms with Gasteiger partial charge in [0.2, 0.25) is 0 Å². The molecular weight excluding hydrogens is 224 g/mol. The maximum Gasteiger partial charge on any atom is 0.120 e. The Morgan fingerprint density at radius 1 is 1.39 bits per heavy atom. The quantitative estimate of drug-likeness (QED) is 0.742. The van der Waals surface area contributed by atoms with Gasteiger partial charge in [0.1, 0.15) is 12.4 Å². The Hall–Kier alpha value is -1.53. The molecule has 3 nitrogen and oxygen atoms in total. The van der Waals surface area contributed by atoms with Crippen LogP contribution in [0.4, 0.5) is 0 Å². The number of hydrogen-bond acceptors (Lipinski definition) is 3. The van der Waals surface area contributed by atoms with E-state index in [0.717, 1.165) is 25.3 Å². The third kappa shape index (κ3) is 4.38. The van der Waals surface area contributed by atoms with Crippen LogP contribution >= 0.6 is 0 Å². The number of ether oxygens (including phenoxy) is 1. The van der Waals surface area contributed by atoms with Crippen LogP contribution in [0.2, 0.25) is 0 Å². The number of benzene rings is 1. The van der Waals surface area contributed by atoms with E-state index in [2.05, 4.69) is 31.7 Å². The highest BCUT2D eigenvalue weighted by molar-refractivity contribution is 5.36. The standard InChI is InChI=1S/C15H22N2O/c1-4-13(3)17(5-2)9-10-18-15-8-6-7-14(11-15)12-16/h6-8,11,13H,4-5,9-10H2,1-3H3. The predicted molar refractivity (Wildman–Crippen MR) is 73.7 cm³/mol. The lowest BCUT2D eigenvalue weighted by molar-refractivity contribution is 0.171. The van der Waals surface area contributed by atoms with Crippen LogP contribution < -0.4 is 4.74 Å². The first-order valence-electron chi connectivity index (χ1n) is 6.58. The van der Waals surface area contributed by atoms with E-state index in [-0.39, 0.29) is 0 Å². The van der Waals surface area contributed by atoms with Crippen molar-refractivity contribution >= 4 is 0 Å². The first-order chi connectivity index (χ1) is 8.71. The predicted octanol–water partition coefficient (Wildman–Crippen LogP) is 3.06. The highest BCUT2D eigenvalue weighted by atomic mass is 16.5.